The summed E-state index contributed by atoms with van der Waals surface area (Å²) in [5.41, 5.74) is 2.34. The van der Waals surface area contributed by atoms with Crippen LogP contribution < -0.4 is 0 Å². The molecule has 0 heterocycles. The van der Waals surface area contributed by atoms with Crippen LogP contribution in [0.2, 0.25) is 5.02 Å². The Hall–Kier alpha value is -0.750. The van der Waals surface area contributed by atoms with E-state index >= 15 is 0 Å². The molecule has 0 nitrogen and oxygen atoms in total. The SMILES string of the molecule is [CH2]C=C(C)c1ccc(Cl)cc1. The van der Waals surface area contributed by atoms with Crippen LogP contribution in [0.4, 0.5) is 0 Å². The van der Waals surface area contributed by atoms with Gasteiger partial charge in [0.15, 0.2) is 0 Å². The standard InChI is InChI=1S/C10H10Cl/c1-3-8(2)9-4-6-10(11)7-5-9/h3-7H,1H2,2H3. The van der Waals surface area contributed by atoms with Gasteiger partial charge in [-0.25, -0.2) is 0 Å². The Balaban J connectivity index is 2.99. The molecular formula is C10H10Cl. The van der Waals surface area contributed by atoms with Gasteiger partial charge in [0.05, 0.1) is 0 Å². The Morgan fingerprint density at radius 3 is 2.36 bits per heavy atom. The Morgan fingerprint density at radius 2 is 1.91 bits per heavy atom. The minimum absolute atomic E-state index is 0.769. The molecule has 0 saturated carbocycles. The van der Waals surface area contributed by atoms with Crippen molar-refractivity contribution in [2.75, 3.05) is 0 Å². The monoisotopic (exact) mass is 165 g/mol. The van der Waals surface area contributed by atoms with Crippen LogP contribution >= 0.6 is 11.6 Å². The van der Waals surface area contributed by atoms with E-state index in [1.165, 1.54) is 11.1 Å². The van der Waals surface area contributed by atoms with E-state index in [0.29, 0.717) is 0 Å². The minimum atomic E-state index is 0.769. The fourth-order valence-electron chi connectivity index (χ4n) is 0.831. The maximum absolute atomic E-state index is 5.72. The van der Waals surface area contributed by atoms with Crippen LogP contribution in [0.15, 0.2) is 30.3 Å². The Bertz CT molecular complexity index is 257. The summed E-state index contributed by atoms with van der Waals surface area (Å²) in [6, 6.07) is 7.73. The molecule has 0 aromatic heterocycles. The molecule has 1 aromatic rings. The molecule has 1 radical (unpaired) electrons. The number of rotatable bonds is 1. The number of benzene rings is 1. The summed E-state index contributed by atoms with van der Waals surface area (Å²) in [4.78, 5) is 0. The van der Waals surface area contributed by atoms with E-state index in [-0.39, 0.29) is 0 Å². The van der Waals surface area contributed by atoms with Crippen LogP contribution in [0.5, 0.6) is 0 Å². The Labute approximate surface area is 72.5 Å². The molecule has 0 amide bonds. The predicted molar refractivity (Wildman–Crippen MR) is 50.5 cm³/mol. The zero-order valence-electron chi connectivity index (χ0n) is 6.47. The maximum atomic E-state index is 5.72. The lowest BCUT2D eigenvalue weighted by atomic mass is 10.1. The highest BCUT2D eigenvalue weighted by Crippen LogP contribution is 2.16. The first-order chi connectivity index (χ1) is 5.24. The number of hydrogen-bond acceptors (Lipinski definition) is 0. The van der Waals surface area contributed by atoms with E-state index in [4.69, 9.17) is 11.6 Å². The number of hydrogen-bond donors (Lipinski definition) is 0. The lowest BCUT2D eigenvalue weighted by molar-refractivity contribution is 1.57. The second-order valence-corrected chi connectivity index (χ2v) is 2.83. The van der Waals surface area contributed by atoms with Crippen molar-refractivity contribution in [2.45, 2.75) is 6.92 Å². The summed E-state index contributed by atoms with van der Waals surface area (Å²) in [5.74, 6) is 0. The van der Waals surface area contributed by atoms with Gasteiger partial charge in [0.1, 0.15) is 0 Å². The van der Waals surface area contributed by atoms with Gasteiger partial charge >= 0.3 is 0 Å². The summed E-state index contributed by atoms with van der Waals surface area (Å²) in [6.07, 6.45) is 1.84. The van der Waals surface area contributed by atoms with Crippen LogP contribution in [0, 0.1) is 6.92 Å². The van der Waals surface area contributed by atoms with Crippen molar-refractivity contribution in [2.24, 2.45) is 0 Å². The summed E-state index contributed by atoms with van der Waals surface area (Å²) >= 11 is 5.72. The van der Waals surface area contributed by atoms with Gasteiger partial charge in [0, 0.05) is 5.02 Å². The van der Waals surface area contributed by atoms with Crippen molar-refractivity contribution in [1.82, 2.24) is 0 Å². The van der Waals surface area contributed by atoms with E-state index in [1.54, 1.807) is 0 Å². The molecule has 0 saturated heterocycles. The van der Waals surface area contributed by atoms with Gasteiger partial charge in [-0.3, -0.25) is 0 Å². The third-order valence-corrected chi connectivity index (χ3v) is 1.86. The third kappa shape index (κ3) is 2.09. The summed E-state index contributed by atoms with van der Waals surface area (Å²) in [7, 11) is 0. The molecule has 0 unspecified atom stereocenters. The molecule has 0 spiro atoms. The zero-order chi connectivity index (χ0) is 8.27. The quantitative estimate of drug-likeness (QED) is 0.597. The Kier molecular flexibility index (Phi) is 2.72. The molecule has 0 fully saturated rings. The molecule has 0 atom stereocenters. The van der Waals surface area contributed by atoms with Crippen LogP contribution in [-0.2, 0) is 0 Å². The highest BCUT2D eigenvalue weighted by atomic mass is 35.5. The fourth-order valence-corrected chi connectivity index (χ4v) is 0.957. The van der Waals surface area contributed by atoms with Gasteiger partial charge in [-0.05, 0) is 37.1 Å². The van der Waals surface area contributed by atoms with Crippen molar-refractivity contribution in [3.05, 3.63) is 47.9 Å². The Morgan fingerprint density at radius 1 is 1.36 bits per heavy atom. The van der Waals surface area contributed by atoms with Crippen molar-refractivity contribution >= 4 is 17.2 Å². The van der Waals surface area contributed by atoms with E-state index in [0.717, 1.165) is 5.02 Å². The lowest BCUT2D eigenvalue weighted by Crippen LogP contribution is -1.76. The summed E-state index contributed by atoms with van der Waals surface area (Å²) in [6.45, 7) is 5.71. The molecule has 0 bridgehead atoms. The second kappa shape index (κ2) is 3.59. The van der Waals surface area contributed by atoms with E-state index in [9.17, 15) is 0 Å². The van der Waals surface area contributed by atoms with Gasteiger partial charge in [-0.1, -0.05) is 29.8 Å². The average Bonchev–Trinajstić information content (AvgIpc) is 2.05. The van der Waals surface area contributed by atoms with Gasteiger partial charge in [0.25, 0.3) is 0 Å². The van der Waals surface area contributed by atoms with Crippen LogP contribution in [0.25, 0.3) is 5.57 Å². The third-order valence-electron chi connectivity index (χ3n) is 1.61. The van der Waals surface area contributed by atoms with Gasteiger partial charge in [0.2, 0.25) is 0 Å². The van der Waals surface area contributed by atoms with Crippen molar-refractivity contribution in [3.8, 4) is 0 Å². The molecule has 11 heavy (non-hydrogen) atoms. The van der Waals surface area contributed by atoms with Crippen molar-refractivity contribution in [1.29, 1.82) is 0 Å². The largest absolute Gasteiger partial charge is 0.0843 e. The van der Waals surface area contributed by atoms with E-state index in [1.807, 2.05) is 37.3 Å². The van der Waals surface area contributed by atoms with E-state index in [2.05, 4.69) is 6.92 Å². The van der Waals surface area contributed by atoms with Crippen LogP contribution in [-0.4, -0.2) is 0 Å². The summed E-state index contributed by atoms with van der Waals surface area (Å²) in [5, 5.41) is 0.769. The van der Waals surface area contributed by atoms with E-state index < -0.39 is 0 Å². The molecule has 1 rings (SSSR count). The first-order valence-corrected chi connectivity index (χ1v) is 3.84. The zero-order valence-corrected chi connectivity index (χ0v) is 7.23. The summed E-state index contributed by atoms with van der Waals surface area (Å²) < 4.78 is 0. The van der Waals surface area contributed by atoms with Gasteiger partial charge in [-0.15, -0.1) is 0 Å². The normalized spacial score (nSPS) is 11.7. The van der Waals surface area contributed by atoms with Crippen molar-refractivity contribution < 1.29 is 0 Å². The maximum Gasteiger partial charge on any atom is 0.0406 e. The molecule has 0 aliphatic heterocycles. The fraction of sp³-hybridized carbons (Fsp3) is 0.100. The highest BCUT2D eigenvalue weighted by molar-refractivity contribution is 6.30. The first kappa shape index (κ1) is 8.35. The second-order valence-electron chi connectivity index (χ2n) is 2.39. The number of allylic oxidation sites excluding steroid dienone is 2. The van der Waals surface area contributed by atoms with Crippen molar-refractivity contribution in [3.63, 3.8) is 0 Å². The van der Waals surface area contributed by atoms with Crippen LogP contribution in [0.1, 0.15) is 12.5 Å². The molecule has 1 aromatic carbocycles. The molecule has 0 aliphatic rings. The molecule has 0 aliphatic carbocycles. The molecule has 0 N–H and O–H groups in total. The smallest absolute Gasteiger partial charge is 0.0406 e. The number of halogens is 1. The van der Waals surface area contributed by atoms with Crippen LogP contribution in [0.3, 0.4) is 0 Å². The average molecular weight is 166 g/mol. The minimum Gasteiger partial charge on any atom is -0.0843 e. The predicted octanol–water partition coefficient (Wildman–Crippen LogP) is 3.58. The van der Waals surface area contributed by atoms with Gasteiger partial charge in [-0.2, -0.15) is 0 Å². The molecule has 57 valence electrons. The molecule has 1 heteroatoms. The first-order valence-electron chi connectivity index (χ1n) is 3.46. The van der Waals surface area contributed by atoms with Gasteiger partial charge < -0.3 is 0 Å². The topological polar surface area (TPSA) is 0 Å². The lowest BCUT2D eigenvalue weighted by Gasteiger charge is -1.98. The molecular weight excluding hydrogens is 156 g/mol. The highest BCUT2D eigenvalue weighted by Gasteiger charge is 1.92.